The predicted molar refractivity (Wildman–Crippen MR) is 195 cm³/mol. The summed E-state index contributed by atoms with van der Waals surface area (Å²) in [6.07, 6.45) is 0. The van der Waals surface area contributed by atoms with E-state index in [1.165, 1.54) is 0 Å². The molecule has 0 radical (unpaired) electrons. The fourth-order valence-electron chi connectivity index (χ4n) is 5.24. The van der Waals surface area contributed by atoms with Gasteiger partial charge in [-0.1, -0.05) is 71.2 Å². The lowest BCUT2D eigenvalue weighted by atomic mass is 10.1. The third kappa shape index (κ3) is 6.67. The molecule has 2 unspecified atom stereocenters. The molecule has 0 fully saturated rings. The fourth-order valence-corrected chi connectivity index (χ4v) is 8.31. The zero-order chi connectivity index (χ0) is 33.0. The number of ether oxygens (including phenoxy) is 2. The Morgan fingerprint density at radius 2 is 0.809 bits per heavy atom. The van der Waals surface area contributed by atoms with Gasteiger partial charge in [0.1, 0.15) is 17.2 Å². The molecular formula is C41H34O4S2. The number of hydrogen-bond acceptors (Lipinski definition) is 4. The van der Waals surface area contributed by atoms with Crippen LogP contribution < -0.4 is 9.47 Å². The normalized spacial score (nSPS) is 13.5. The Hall–Kier alpha value is -5.26. The van der Waals surface area contributed by atoms with Crippen molar-refractivity contribution in [1.29, 1.82) is 0 Å². The smallest absolute Gasteiger partial charge is 0.127 e. The van der Waals surface area contributed by atoms with Gasteiger partial charge in [0, 0.05) is 29.1 Å². The highest BCUT2D eigenvalue weighted by molar-refractivity contribution is 8.01. The van der Waals surface area contributed by atoms with Gasteiger partial charge in [-0.2, -0.15) is 0 Å². The minimum atomic E-state index is -2.75. The van der Waals surface area contributed by atoms with Crippen molar-refractivity contribution < 1.29 is 17.9 Å². The van der Waals surface area contributed by atoms with Crippen molar-refractivity contribution in [3.05, 3.63) is 158 Å². The lowest BCUT2D eigenvalue weighted by Crippen LogP contribution is -2.03. The molecule has 0 amide bonds. The molecule has 6 heteroatoms. The van der Waals surface area contributed by atoms with Crippen LogP contribution in [-0.4, -0.2) is 26.4 Å². The molecule has 0 aromatic heterocycles. The number of benzene rings is 6. The van der Waals surface area contributed by atoms with E-state index >= 15 is 0 Å². The Kier molecular flexibility index (Phi) is 8.93. The van der Waals surface area contributed by atoms with Crippen molar-refractivity contribution in [3.8, 4) is 39.5 Å². The van der Waals surface area contributed by atoms with Crippen LogP contribution in [0.15, 0.2) is 172 Å². The topological polar surface area (TPSA) is 52.6 Å². The minimum Gasteiger partial charge on any atom is -0.497 e. The predicted octanol–water partition coefficient (Wildman–Crippen LogP) is 9.55. The first-order chi connectivity index (χ1) is 22.7. The van der Waals surface area contributed by atoms with Gasteiger partial charge in [-0.25, -0.2) is 4.21 Å². The molecule has 2 atom stereocenters. The summed E-state index contributed by atoms with van der Waals surface area (Å²) in [5, 5.41) is 2.78. The van der Waals surface area contributed by atoms with E-state index in [1.807, 2.05) is 140 Å². The molecule has 6 aromatic rings. The average Bonchev–Trinajstić information content (AvgIpc) is 3.12. The number of aryl methyl sites for hydroxylation is 1. The summed E-state index contributed by atoms with van der Waals surface area (Å²) in [6.45, 7) is 5.74. The van der Waals surface area contributed by atoms with Crippen LogP contribution in [-0.2, 0) is 19.0 Å². The molecule has 6 rings (SSSR count). The van der Waals surface area contributed by atoms with Gasteiger partial charge in [0.25, 0.3) is 0 Å². The van der Waals surface area contributed by atoms with E-state index in [0.29, 0.717) is 31.1 Å². The second-order valence-corrected chi connectivity index (χ2v) is 15.7. The summed E-state index contributed by atoms with van der Waals surface area (Å²) in [5.74, 6) is 6.25. The van der Waals surface area contributed by atoms with Crippen LogP contribution in [0, 0.1) is 6.92 Å². The Morgan fingerprint density at radius 1 is 0.489 bits per heavy atom. The highest BCUT2D eigenvalue weighted by Gasteiger charge is 2.15. The Bertz CT molecular complexity index is 2260. The number of rotatable bonds is 9. The fraction of sp³-hybridized carbons (Fsp3) is 0.0488. The van der Waals surface area contributed by atoms with Crippen LogP contribution in [0.2, 0.25) is 0 Å². The molecule has 0 N–H and O–H groups in total. The Morgan fingerprint density at radius 3 is 1.21 bits per heavy atom. The Balaban J connectivity index is 1.14. The van der Waals surface area contributed by atoms with Gasteiger partial charge in [0.15, 0.2) is 0 Å². The monoisotopic (exact) mass is 654 g/mol. The quantitative estimate of drug-likeness (QED) is 0.146. The SMILES string of the molecule is C=C=S(=O)(c1ccc(C)cc1)c1ccc(-c2ccc(S(=C)(=O)c3ccc(Oc4ccc(-c5ccc(OC)cc5)cc4)cc3)cc2)cc1. The maximum Gasteiger partial charge on any atom is 0.127 e. The molecular weight excluding hydrogens is 621 g/mol. The van der Waals surface area contributed by atoms with E-state index in [9.17, 15) is 8.42 Å². The molecule has 47 heavy (non-hydrogen) atoms. The summed E-state index contributed by atoms with van der Waals surface area (Å²) >= 11 is 0. The van der Waals surface area contributed by atoms with Gasteiger partial charge in [0.05, 0.1) is 16.6 Å². The molecule has 0 aliphatic carbocycles. The van der Waals surface area contributed by atoms with E-state index in [1.54, 1.807) is 19.2 Å². The zero-order valence-electron chi connectivity index (χ0n) is 26.2. The first-order valence-corrected chi connectivity index (χ1v) is 18.2. The molecule has 0 aliphatic heterocycles. The molecule has 0 saturated heterocycles. The van der Waals surface area contributed by atoms with Gasteiger partial charge in [-0.15, -0.1) is 0 Å². The van der Waals surface area contributed by atoms with Gasteiger partial charge in [-0.05, 0) is 127 Å². The molecule has 0 aliphatic rings. The number of methoxy groups -OCH3 is 1. The van der Waals surface area contributed by atoms with Crippen molar-refractivity contribution in [1.82, 2.24) is 0 Å². The van der Waals surface area contributed by atoms with Gasteiger partial charge in [0.2, 0.25) is 0 Å². The second-order valence-electron chi connectivity index (χ2n) is 11.1. The number of hydrogen-bond donors (Lipinski definition) is 0. The van der Waals surface area contributed by atoms with E-state index < -0.39 is 19.0 Å². The van der Waals surface area contributed by atoms with Gasteiger partial charge < -0.3 is 9.47 Å². The first kappa shape index (κ1) is 31.7. The summed E-state index contributed by atoms with van der Waals surface area (Å²) in [7, 11) is -3.81. The minimum absolute atomic E-state index is 0.614. The van der Waals surface area contributed by atoms with E-state index in [4.69, 9.17) is 9.47 Å². The molecule has 0 spiro atoms. The second kappa shape index (κ2) is 13.2. The first-order valence-electron chi connectivity index (χ1n) is 14.9. The summed E-state index contributed by atoms with van der Waals surface area (Å²) in [4.78, 5) is 2.57. The third-order valence-corrected chi connectivity index (χ3v) is 12.4. The van der Waals surface area contributed by atoms with Crippen LogP contribution in [0.5, 0.6) is 17.2 Å². The maximum absolute atomic E-state index is 13.9. The van der Waals surface area contributed by atoms with Crippen LogP contribution >= 0.6 is 0 Å². The third-order valence-electron chi connectivity index (χ3n) is 8.03. The molecule has 234 valence electrons. The molecule has 4 nitrogen and oxygen atoms in total. The van der Waals surface area contributed by atoms with Gasteiger partial charge >= 0.3 is 0 Å². The van der Waals surface area contributed by atoms with Crippen LogP contribution in [0.4, 0.5) is 0 Å². The molecule has 0 heterocycles. The molecule has 0 saturated carbocycles. The van der Waals surface area contributed by atoms with Crippen molar-refractivity contribution in [2.24, 2.45) is 0 Å². The largest absolute Gasteiger partial charge is 0.497 e. The molecule has 6 aromatic carbocycles. The highest BCUT2D eigenvalue weighted by Crippen LogP contribution is 2.31. The maximum atomic E-state index is 13.9. The standard InChI is InChI=1S/C41H34O4S2/c1-5-47(43,40-22-6-30(2)7-23-40)41-26-14-34(15-27-41)33-12-24-38(25-13-33)46(4,42)39-28-20-37(21-29-39)45-36-18-10-32(11-19-36)31-8-16-35(44-3)17-9-31/h6-29H,1,4H2,2-3H3. The Labute approximate surface area is 277 Å². The summed E-state index contributed by atoms with van der Waals surface area (Å²) in [5.41, 5.74) is 5.15. The van der Waals surface area contributed by atoms with E-state index in [2.05, 4.69) is 17.5 Å². The van der Waals surface area contributed by atoms with Crippen molar-refractivity contribution in [2.45, 2.75) is 26.5 Å². The van der Waals surface area contributed by atoms with Gasteiger partial charge in [-0.3, -0.25) is 4.21 Å². The van der Waals surface area contributed by atoms with Crippen molar-refractivity contribution >= 4 is 29.9 Å². The molecule has 0 bridgehead atoms. The van der Waals surface area contributed by atoms with E-state index in [0.717, 1.165) is 33.6 Å². The lowest BCUT2D eigenvalue weighted by molar-refractivity contribution is 0.415. The average molecular weight is 655 g/mol. The zero-order valence-corrected chi connectivity index (χ0v) is 27.9. The van der Waals surface area contributed by atoms with Crippen molar-refractivity contribution in [2.75, 3.05) is 7.11 Å². The van der Waals surface area contributed by atoms with E-state index in [-0.39, 0.29) is 0 Å². The van der Waals surface area contributed by atoms with Crippen LogP contribution in [0.25, 0.3) is 22.3 Å². The summed E-state index contributed by atoms with van der Waals surface area (Å²) < 4.78 is 38.9. The van der Waals surface area contributed by atoms with Crippen LogP contribution in [0.3, 0.4) is 0 Å². The van der Waals surface area contributed by atoms with Crippen molar-refractivity contribution in [3.63, 3.8) is 0 Å². The summed E-state index contributed by atoms with van der Waals surface area (Å²) in [6, 6.07) is 45.7. The lowest BCUT2D eigenvalue weighted by Gasteiger charge is -2.13. The van der Waals surface area contributed by atoms with Crippen LogP contribution in [0.1, 0.15) is 5.56 Å². The highest BCUT2D eigenvalue weighted by atomic mass is 32.2.